The molecular weight excluding hydrogens is 219 g/mol. The number of anilines is 1. The van der Waals surface area contributed by atoms with Crippen LogP contribution in [0, 0.1) is 12.7 Å². The first-order valence-corrected chi connectivity index (χ1v) is 5.57. The van der Waals surface area contributed by atoms with Gasteiger partial charge in [-0.2, -0.15) is 5.10 Å². The Morgan fingerprint density at radius 1 is 1.41 bits per heavy atom. The Hall–Kier alpha value is -1.91. The molecule has 0 saturated heterocycles. The monoisotopic (exact) mass is 234 g/mol. The van der Waals surface area contributed by atoms with E-state index in [1.54, 1.807) is 17.7 Å². The van der Waals surface area contributed by atoms with Crippen LogP contribution in [-0.4, -0.2) is 14.8 Å². The van der Waals surface area contributed by atoms with Crippen molar-refractivity contribution < 1.29 is 4.39 Å². The summed E-state index contributed by atoms with van der Waals surface area (Å²) >= 11 is 0. The number of halogens is 1. The van der Waals surface area contributed by atoms with Crippen molar-refractivity contribution in [1.29, 1.82) is 0 Å². The Morgan fingerprint density at radius 3 is 2.94 bits per heavy atom. The molecule has 2 aromatic rings. The molecule has 1 N–H and O–H groups in total. The summed E-state index contributed by atoms with van der Waals surface area (Å²) in [4.78, 5) is 4.14. The molecule has 0 amide bonds. The van der Waals surface area contributed by atoms with Crippen molar-refractivity contribution in [3.63, 3.8) is 0 Å². The lowest BCUT2D eigenvalue weighted by atomic mass is 10.2. The highest BCUT2D eigenvalue weighted by atomic mass is 19.1. The van der Waals surface area contributed by atoms with E-state index in [0.29, 0.717) is 12.1 Å². The van der Waals surface area contributed by atoms with Crippen LogP contribution >= 0.6 is 0 Å². The van der Waals surface area contributed by atoms with E-state index in [1.165, 1.54) is 12.4 Å². The molecule has 0 bridgehead atoms. The molecule has 0 spiro atoms. The molecule has 90 valence electrons. The minimum Gasteiger partial charge on any atom is -0.378 e. The average Bonchev–Trinajstić information content (AvgIpc) is 2.78. The number of aromatic nitrogens is 3. The molecule has 0 radical (unpaired) electrons. The minimum absolute atomic E-state index is 0.202. The van der Waals surface area contributed by atoms with Crippen LogP contribution in [0.1, 0.15) is 18.3 Å². The van der Waals surface area contributed by atoms with Gasteiger partial charge in [0.1, 0.15) is 18.0 Å². The number of hydrogen-bond donors (Lipinski definition) is 1. The van der Waals surface area contributed by atoms with Crippen LogP contribution in [-0.2, 0) is 13.1 Å². The fraction of sp³-hybridized carbons (Fsp3) is 0.333. The van der Waals surface area contributed by atoms with Gasteiger partial charge in [0, 0.05) is 12.2 Å². The molecule has 1 aromatic heterocycles. The first kappa shape index (κ1) is 11.6. The van der Waals surface area contributed by atoms with Crippen LogP contribution in [0.5, 0.6) is 0 Å². The maximum Gasteiger partial charge on any atom is 0.146 e. The molecule has 0 saturated carbocycles. The lowest BCUT2D eigenvalue weighted by Gasteiger charge is -2.07. The Balaban J connectivity index is 2.05. The van der Waals surface area contributed by atoms with E-state index in [-0.39, 0.29) is 5.82 Å². The zero-order valence-corrected chi connectivity index (χ0v) is 9.94. The van der Waals surface area contributed by atoms with Gasteiger partial charge in [-0.1, -0.05) is 6.07 Å². The van der Waals surface area contributed by atoms with Crippen LogP contribution in [0.4, 0.5) is 10.1 Å². The van der Waals surface area contributed by atoms with Gasteiger partial charge in [0.15, 0.2) is 0 Å². The van der Waals surface area contributed by atoms with Crippen molar-refractivity contribution in [1.82, 2.24) is 14.8 Å². The Morgan fingerprint density at radius 2 is 2.24 bits per heavy atom. The number of nitrogens with zero attached hydrogens (tertiary/aromatic N) is 3. The van der Waals surface area contributed by atoms with E-state index in [0.717, 1.165) is 18.1 Å². The van der Waals surface area contributed by atoms with Gasteiger partial charge in [-0.3, -0.25) is 0 Å². The van der Waals surface area contributed by atoms with Crippen molar-refractivity contribution in [3.8, 4) is 0 Å². The smallest absolute Gasteiger partial charge is 0.146 e. The summed E-state index contributed by atoms with van der Waals surface area (Å²) < 4.78 is 15.1. The largest absolute Gasteiger partial charge is 0.378 e. The molecule has 1 heterocycles. The molecule has 1 aromatic carbocycles. The fourth-order valence-electron chi connectivity index (χ4n) is 1.57. The summed E-state index contributed by atoms with van der Waals surface area (Å²) in [7, 11) is 0. The summed E-state index contributed by atoms with van der Waals surface area (Å²) in [6, 6.07) is 5.09. The second-order valence-corrected chi connectivity index (χ2v) is 3.81. The maximum absolute atomic E-state index is 13.3. The van der Waals surface area contributed by atoms with E-state index >= 15 is 0 Å². The quantitative estimate of drug-likeness (QED) is 0.883. The van der Waals surface area contributed by atoms with Gasteiger partial charge in [0.2, 0.25) is 0 Å². The molecule has 0 aliphatic carbocycles. The van der Waals surface area contributed by atoms with E-state index in [2.05, 4.69) is 15.4 Å². The highest BCUT2D eigenvalue weighted by Crippen LogP contribution is 2.14. The highest BCUT2D eigenvalue weighted by Gasteiger charge is 2.03. The van der Waals surface area contributed by atoms with Gasteiger partial charge >= 0.3 is 0 Å². The second-order valence-electron chi connectivity index (χ2n) is 3.81. The molecule has 0 aliphatic heterocycles. The van der Waals surface area contributed by atoms with Crippen molar-refractivity contribution in [2.75, 3.05) is 5.32 Å². The lowest BCUT2D eigenvalue weighted by Crippen LogP contribution is -2.09. The number of nitrogens with one attached hydrogen (secondary N) is 1. The maximum atomic E-state index is 13.3. The number of aryl methyl sites for hydroxylation is 2. The second kappa shape index (κ2) is 4.95. The van der Waals surface area contributed by atoms with E-state index in [4.69, 9.17) is 0 Å². The third kappa shape index (κ3) is 2.61. The highest BCUT2D eigenvalue weighted by molar-refractivity contribution is 5.45. The van der Waals surface area contributed by atoms with Crippen LogP contribution < -0.4 is 5.32 Å². The first-order valence-electron chi connectivity index (χ1n) is 5.57. The first-order chi connectivity index (χ1) is 8.20. The third-order valence-electron chi connectivity index (χ3n) is 2.62. The summed E-state index contributed by atoms with van der Waals surface area (Å²) in [5, 5.41) is 7.20. The Labute approximate surface area is 99.5 Å². The summed E-state index contributed by atoms with van der Waals surface area (Å²) in [5.74, 6) is 0.639. The molecule has 5 heteroatoms. The minimum atomic E-state index is -0.202. The SMILES string of the molecule is CCn1ncnc1CNc1ccc(C)c(F)c1. The fourth-order valence-corrected chi connectivity index (χ4v) is 1.57. The molecule has 2 rings (SSSR count). The number of benzene rings is 1. The van der Waals surface area contributed by atoms with Crippen molar-refractivity contribution in [3.05, 3.63) is 41.7 Å². The predicted octanol–water partition coefficient (Wildman–Crippen LogP) is 2.36. The van der Waals surface area contributed by atoms with Crippen molar-refractivity contribution >= 4 is 5.69 Å². The van der Waals surface area contributed by atoms with E-state index < -0.39 is 0 Å². The topological polar surface area (TPSA) is 42.7 Å². The van der Waals surface area contributed by atoms with Crippen LogP contribution in [0.3, 0.4) is 0 Å². The molecule has 17 heavy (non-hydrogen) atoms. The molecule has 0 atom stereocenters. The molecule has 4 nitrogen and oxygen atoms in total. The van der Waals surface area contributed by atoms with Gasteiger partial charge < -0.3 is 5.32 Å². The van der Waals surface area contributed by atoms with Crippen molar-refractivity contribution in [2.24, 2.45) is 0 Å². The van der Waals surface area contributed by atoms with Gasteiger partial charge in [-0.05, 0) is 31.5 Å². The Kier molecular flexibility index (Phi) is 3.37. The zero-order valence-electron chi connectivity index (χ0n) is 9.94. The summed E-state index contributed by atoms with van der Waals surface area (Å²) in [6.45, 7) is 5.06. The number of hydrogen-bond acceptors (Lipinski definition) is 3. The predicted molar refractivity (Wildman–Crippen MR) is 64.2 cm³/mol. The van der Waals surface area contributed by atoms with Crippen LogP contribution in [0.2, 0.25) is 0 Å². The van der Waals surface area contributed by atoms with Gasteiger partial charge in [-0.25, -0.2) is 14.1 Å². The molecule has 0 fully saturated rings. The van der Waals surface area contributed by atoms with Crippen LogP contribution in [0.15, 0.2) is 24.5 Å². The summed E-state index contributed by atoms with van der Waals surface area (Å²) in [6.07, 6.45) is 1.52. The van der Waals surface area contributed by atoms with Gasteiger partial charge in [0.05, 0.1) is 6.54 Å². The molecular formula is C12H15FN4. The molecule has 0 unspecified atom stereocenters. The molecule has 0 aliphatic rings. The van der Waals surface area contributed by atoms with Crippen LogP contribution in [0.25, 0.3) is 0 Å². The zero-order chi connectivity index (χ0) is 12.3. The average molecular weight is 234 g/mol. The third-order valence-corrected chi connectivity index (χ3v) is 2.62. The van der Waals surface area contributed by atoms with E-state index in [1.807, 2.05) is 13.0 Å². The normalized spacial score (nSPS) is 10.5. The van der Waals surface area contributed by atoms with E-state index in [9.17, 15) is 4.39 Å². The van der Waals surface area contributed by atoms with Gasteiger partial charge in [0.25, 0.3) is 0 Å². The van der Waals surface area contributed by atoms with Crippen molar-refractivity contribution in [2.45, 2.75) is 26.9 Å². The Bertz CT molecular complexity index is 507. The number of rotatable bonds is 4. The van der Waals surface area contributed by atoms with Gasteiger partial charge in [-0.15, -0.1) is 0 Å². The summed E-state index contributed by atoms with van der Waals surface area (Å²) in [5.41, 5.74) is 1.39. The standard InChI is InChI=1S/C12H15FN4/c1-3-17-12(15-8-16-17)7-14-10-5-4-9(2)11(13)6-10/h4-6,8,14H,3,7H2,1-2H3. The lowest BCUT2D eigenvalue weighted by molar-refractivity contribution is 0.616.